The van der Waals surface area contributed by atoms with Gasteiger partial charge in [-0.05, 0) is 67.5 Å². The van der Waals surface area contributed by atoms with Crippen LogP contribution in [-0.4, -0.2) is 88.3 Å². The third kappa shape index (κ3) is 7.65. The van der Waals surface area contributed by atoms with Crippen LogP contribution in [0.15, 0.2) is 82.2 Å². The van der Waals surface area contributed by atoms with E-state index in [1.807, 2.05) is 48.5 Å². The molecule has 4 aromatic rings. The summed E-state index contributed by atoms with van der Waals surface area (Å²) in [5, 5.41) is 6.08. The van der Waals surface area contributed by atoms with Crippen LogP contribution in [0.1, 0.15) is 23.7 Å². The zero-order valence-corrected chi connectivity index (χ0v) is 26.2. The molecule has 10 nitrogen and oxygen atoms in total. The van der Waals surface area contributed by atoms with Gasteiger partial charge in [0.1, 0.15) is 5.75 Å². The van der Waals surface area contributed by atoms with E-state index in [0.29, 0.717) is 29.3 Å². The molecule has 0 saturated carbocycles. The van der Waals surface area contributed by atoms with Crippen molar-refractivity contribution in [3.05, 3.63) is 78.5 Å². The number of piperazine rings is 1. The first-order valence-corrected chi connectivity index (χ1v) is 16.4. The zero-order valence-electron chi connectivity index (χ0n) is 25.4. The van der Waals surface area contributed by atoms with Gasteiger partial charge < -0.3 is 29.6 Å². The van der Waals surface area contributed by atoms with E-state index in [1.165, 1.54) is 19.2 Å². The Morgan fingerprint density at radius 2 is 1.73 bits per heavy atom. The fourth-order valence-electron chi connectivity index (χ4n) is 5.07. The number of ether oxygens (including phenoxy) is 1. The van der Waals surface area contributed by atoms with Crippen molar-refractivity contribution in [3.63, 3.8) is 0 Å². The molecule has 0 spiro atoms. The van der Waals surface area contributed by atoms with Crippen molar-refractivity contribution in [2.24, 2.45) is 0 Å². The molecule has 1 amide bonds. The molecule has 11 heteroatoms. The number of oxazole rings is 1. The summed E-state index contributed by atoms with van der Waals surface area (Å²) >= 11 is 0. The first kappa shape index (κ1) is 31.2. The number of amides is 1. The van der Waals surface area contributed by atoms with Gasteiger partial charge in [0.2, 0.25) is 0 Å². The van der Waals surface area contributed by atoms with E-state index in [0.717, 1.165) is 55.8 Å². The first-order valence-electron chi connectivity index (χ1n) is 14.8. The molecular formula is C33H39N5O5S. The smallest absolute Gasteiger partial charge is 0.299 e. The Hall–Kier alpha value is -4.19. The molecule has 1 aromatic heterocycles. The number of rotatable bonds is 12. The molecule has 1 aliphatic rings. The van der Waals surface area contributed by atoms with Crippen LogP contribution in [0.4, 0.5) is 11.7 Å². The number of likely N-dealkylation sites (N-methyl/N-ethyl adjacent to an activating group) is 1. The number of benzene rings is 3. The highest BCUT2D eigenvalue weighted by atomic mass is 32.2. The highest BCUT2D eigenvalue weighted by molar-refractivity contribution is 7.91. The van der Waals surface area contributed by atoms with E-state index in [4.69, 9.17) is 9.15 Å². The van der Waals surface area contributed by atoms with Crippen molar-refractivity contribution in [1.29, 1.82) is 0 Å². The van der Waals surface area contributed by atoms with Gasteiger partial charge in [-0.3, -0.25) is 4.79 Å². The summed E-state index contributed by atoms with van der Waals surface area (Å²) in [6.45, 7) is 7.60. The summed E-state index contributed by atoms with van der Waals surface area (Å²) in [6, 6.07) is 20.2. The predicted octanol–water partition coefficient (Wildman–Crippen LogP) is 4.92. The molecule has 2 heterocycles. The lowest BCUT2D eigenvalue weighted by atomic mass is 10.0. The zero-order chi connectivity index (χ0) is 31.1. The summed E-state index contributed by atoms with van der Waals surface area (Å²) < 4.78 is 36.1. The number of hydrogen-bond donors (Lipinski definition) is 2. The van der Waals surface area contributed by atoms with Crippen LogP contribution >= 0.6 is 0 Å². The average Bonchev–Trinajstić information content (AvgIpc) is 3.52. The van der Waals surface area contributed by atoms with Crippen molar-refractivity contribution >= 4 is 27.4 Å². The third-order valence-corrected chi connectivity index (χ3v) is 9.55. The quantitative estimate of drug-likeness (QED) is 0.214. The summed E-state index contributed by atoms with van der Waals surface area (Å²) in [5.74, 6) is 0.925. The summed E-state index contributed by atoms with van der Waals surface area (Å²) in [7, 11) is 0.263. The van der Waals surface area contributed by atoms with Gasteiger partial charge in [0.05, 0.1) is 29.6 Å². The van der Waals surface area contributed by atoms with Crippen LogP contribution in [-0.2, 0) is 9.84 Å². The topological polar surface area (TPSA) is 117 Å². The maximum Gasteiger partial charge on any atom is 0.299 e. The largest absolute Gasteiger partial charge is 0.495 e. The molecule has 1 saturated heterocycles. The number of nitrogens with zero attached hydrogens (tertiary/aromatic N) is 3. The molecule has 0 radical (unpaired) electrons. The Morgan fingerprint density at radius 3 is 2.45 bits per heavy atom. The number of carbonyl (C=O) groups is 1. The van der Waals surface area contributed by atoms with Crippen LogP contribution in [0.5, 0.6) is 5.75 Å². The maximum atomic E-state index is 12.7. The minimum Gasteiger partial charge on any atom is -0.495 e. The summed E-state index contributed by atoms with van der Waals surface area (Å²) in [4.78, 5) is 22.0. The Bertz CT molecular complexity index is 1680. The molecule has 2 N–H and O–H groups in total. The Morgan fingerprint density at radius 1 is 0.977 bits per heavy atom. The van der Waals surface area contributed by atoms with Gasteiger partial charge in [-0.1, -0.05) is 37.3 Å². The van der Waals surface area contributed by atoms with Crippen molar-refractivity contribution < 1.29 is 22.4 Å². The standard InChI is InChI=1S/C33H39N5O5S/c1-4-44(40,41)28-13-14-30(42-3)29(22-28)36-33-35-23-31(43-33)27-8-5-7-26(21-27)24-9-11-25(12-10-24)32(39)34-15-6-16-38-19-17-37(2)18-20-38/h5,7-14,21-23H,4,6,15-20H2,1-3H3,(H,34,39)(H,35,36). The lowest BCUT2D eigenvalue weighted by Crippen LogP contribution is -2.45. The van der Waals surface area contributed by atoms with Crippen LogP contribution in [0.3, 0.4) is 0 Å². The maximum absolute atomic E-state index is 12.7. The monoisotopic (exact) mass is 617 g/mol. The van der Waals surface area contributed by atoms with Gasteiger partial charge in [0, 0.05) is 43.9 Å². The van der Waals surface area contributed by atoms with E-state index in [1.54, 1.807) is 19.2 Å². The molecule has 232 valence electrons. The lowest BCUT2D eigenvalue weighted by molar-refractivity contribution is 0.0949. The van der Waals surface area contributed by atoms with Crippen molar-refractivity contribution in [2.75, 3.05) is 64.5 Å². The molecule has 1 aliphatic heterocycles. The molecule has 1 fully saturated rings. The number of anilines is 2. The highest BCUT2D eigenvalue weighted by Gasteiger charge is 2.17. The van der Waals surface area contributed by atoms with Crippen LogP contribution in [0.2, 0.25) is 0 Å². The van der Waals surface area contributed by atoms with E-state index in [-0.39, 0.29) is 22.6 Å². The van der Waals surface area contributed by atoms with E-state index in [9.17, 15) is 13.2 Å². The van der Waals surface area contributed by atoms with Crippen LogP contribution in [0.25, 0.3) is 22.5 Å². The number of hydrogen-bond acceptors (Lipinski definition) is 9. The van der Waals surface area contributed by atoms with Crippen molar-refractivity contribution in [1.82, 2.24) is 20.1 Å². The van der Waals surface area contributed by atoms with E-state index >= 15 is 0 Å². The molecule has 5 rings (SSSR count). The van der Waals surface area contributed by atoms with Crippen molar-refractivity contribution in [2.45, 2.75) is 18.2 Å². The number of nitrogens with one attached hydrogen (secondary N) is 2. The second-order valence-corrected chi connectivity index (χ2v) is 13.1. The van der Waals surface area contributed by atoms with Crippen molar-refractivity contribution in [3.8, 4) is 28.2 Å². The van der Waals surface area contributed by atoms with Crippen LogP contribution < -0.4 is 15.4 Å². The number of aromatic nitrogens is 1. The summed E-state index contributed by atoms with van der Waals surface area (Å²) in [6.07, 6.45) is 2.54. The first-order chi connectivity index (χ1) is 21.3. The predicted molar refractivity (Wildman–Crippen MR) is 172 cm³/mol. The van der Waals surface area contributed by atoms with Gasteiger partial charge >= 0.3 is 0 Å². The lowest BCUT2D eigenvalue weighted by Gasteiger charge is -2.32. The van der Waals surface area contributed by atoms with Gasteiger partial charge in [-0.15, -0.1) is 0 Å². The van der Waals surface area contributed by atoms with E-state index < -0.39 is 9.84 Å². The second kappa shape index (κ2) is 14.1. The second-order valence-electron chi connectivity index (χ2n) is 10.8. The molecule has 44 heavy (non-hydrogen) atoms. The molecule has 0 aliphatic carbocycles. The fraction of sp³-hybridized carbons (Fsp3) is 0.333. The molecular weight excluding hydrogens is 578 g/mol. The number of sulfone groups is 1. The van der Waals surface area contributed by atoms with Gasteiger partial charge in [0.25, 0.3) is 11.9 Å². The Balaban J connectivity index is 1.21. The van der Waals surface area contributed by atoms with E-state index in [2.05, 4.69) is 32.5 Å². The average molecular weight is 618 g/mol. The number of methoxy groups -OCH3 is 1. The fourth-order valence-corrected chi connectivity index (χ4v) is 5.98. The van der Waals surface area contributed by atoms with Gasteiger partial charge in [-0.25, -0.2) is 13.4 Å². The Kier molecular flexibility index (Phi) is 9.99. The molecule has 0 atom stereocenters. The summed E-state index contributed by atoms with van der Waals surface area (Å²) in [5.41, 5.74) is 3.81. The minimum absolute atomic E-state index is 0.00834. The molecule has 3 aromatic carbocycles. The third-order valence-electron chi connectivity index (χ3n) is 7.82. The molecule has 0 unspecified atom stereocenters. The minimum atomic E-state index is -3.40. The normalized spacial score (nSPS) is 14.3. The molecule has 0 bridgehead atoms. The Labute approximate surface area is 259 Å². The SMILES string of the molecule is CCS(=O)(=O)c1ccc(OC)c(Nc2ncc(-c3cccc(-c4ccc(C(=O)NCCCN5CCN(C)CC5)cc4)c3)o2)c1. The van der Waals surface area contributed by atoms with Gasteiger partial charge in [0.15, 0.2) is 15.6 Å². The van der Waals surface area contributed by atoms with Gasteiger partial charge in [-0.2, -0.15) is 0 Å². The highest BCUT2D eigenvalue weighted by Crippen LogP contribution is 2.33. The van der Waals surface area contributed by atoms with Crippen LogP contribution in [0, 0.1) is 0 Å². The number of carbonyl (C=O) groups excluding carboxylic acids is 1.